The van der Waals surface area contributed by atoms with E-state index in [0.29, 0.717) is 51.9 Å². The molecule has 1 fully saturated rings. The first kappa shape index (κ1) is 48.1. The number of phenols is 1. The molecule has 0 unspecified atom stereocenters. The number of carbonyl (C=O) groups excluding carboxylic acids is 3. The highest BCUT2D eigenvalue weighted by Gasteiger charge is 2.29. The number of fused-ring (bicyclic) bond motifs is 1. The largest absolute Gasteiger partial charge is 0.542 e. The van der Waals surface area contributed by atoms with Gasteiger partial charge in [0.25, 0.3) is 0 Å². The number of hydrogen-bond acceptors (Lipinski definition) is 10. The van der Waals surface area contributed by atoms with Crippen LogP contribution in [0.5, 0.6) is 11.5 Å². The number of aromatic amines is 1. The van der Waals surface area contributed by atoms with Crippen LogP contribution >= 0.6 is 15.9 Å². The van der Waals surface area contributed by atoms with Gasteiger partial charge in [-0.1, -0.05) is 48.5 Å². The number of nitrogens with zero attached hydrogens (tertiary/aromatic N) is 1. The van der Waals surface area contributed by atoms with Gasteiger partial charge in [0, 0.05) is 65.5 Å². The second kappa shape index (κ2) is 21.4. The number of benzene rings is 4. The number of aliphatic hydroxyl groups is 1. The number of phenolic OH excluding ortho intramolecular Hbond substituents is 1. The number of aryl methyl sites for hydroxylation is 1. The zero-order chi connectivity index (χ0) is 45.9. The summed E-state index contributed by atoms with van der Waals surface area (Å²) in [4.78, 5) is 49.3. The highest BCUT2D eigenvalue weighted by Crippen LogP contribution is 2.34. The number of methoxy groups -OCH3 is 1. The van der Waals surface area contributed by atoms with Crippen molar-refractivity contribution in [2.24, 2.45) is 0 Å². The third kappa shape index (κ3) is 13.8. The number of hydrogen-bond donors (Lipinski definition) is 6. The van der Waals surface area contributed by atoms with Gasteiger partial charge in [0.05, 0.1) is 57.3 Å². The number of ether oxygens (including phenoxy) is 2. The van der Waals surface area contributed by atoms with Gasteiger partial charge in [-0.05, 0) is 69.7 Å². The third-order valence-corrected chi connectivity index (χ3v) is 11.1. The number of piperidine rings is 1. The summed E-state index contributed by atoms with van der Waals surface area (Å²) in [5.74, 6) is -2.67. The minimum atomic E-state index is -5.19. The Morgan fingerprint density at radius 1 is 0.968 bits per heavy atom. The standard InChI is InChI=1S/C43H48BrN5O7.C2HF3O2/c1-49(2)20-18-30(19-21-49)56-43(54)47-35-22-27(12-13-31(35)28-9-5-4-6-10-28)8-7-11-40(52)46-36-24-39(55-3)29(23-34(36)44)25-45-26-38(51)32-14-16-37(50)42-33(32)15-17-41(53)48-42;3-2(4,5)1(6)7/h4-6,9-10,12-17,22-24,30,38,45,51H,7-8,11,18-21,25-26H2,1-3H3,(H3-,46,47,48,50,52,53,54);(H,6,7)/t38-;/m0./s1. The Hall–Kier alpha value is -5.95. The summed E-state index contributed by atoms with van der Waals surface area (Å²) in [5.41, 5.74) is 5.39. The third-order valence-electron chi connectivity index (χ3n) is 10.5. The predicted molar refractivity (Wildman–Crippen MR) is 233 cm³/mol. The fraction of sp³-hybridized carbons (Fsp3) is 0.333. The summed E-state index contributed by atoms with van der Waals surface area (Å²) in [6.45, 7) is 2.47. The van der Waals surface area contributed by atoms with Crippen molar-refractivity contribution >= 4 is 56.2 Å². The maximum atomic E-state index is 13.1. The van der Waals surface area contributed by atoms with Crippen LogP contribution in [0.1, 0.15) is 48.5 Å². The van der Waals surface area contributed by atoms with E-state index in [9.17, 15) is 37.8 Å². The number of carboxylic acid groups (broad SMARTS) is 1. The topological polar surface area (TPSA) is 202 Å². The van der Waals surface area contributed by atoms with Crippen LogP contribution in [0.15, 0.2) is 94.2 Å². The number of likely N-dealkylation sites (tertiary alicyclic amines) is 1. The van der Waals surface area contributed by atoms with Crippen molar-refractivity contribution in [1.82, 2.24) is 10.3 Å². The number of nitrogens with one attached hydrogen (secondary N) is 4. The molecule has 0 aliphatic carbocycles. The van der Waals surface area contributed by atoms with E-state index in [2.05, 4.69) is 51.0 Å². The van der Waals surface area contributed by atoms with E-state index in [1.807, 2.05) is 54.6 Å². The van der Waals surface area contributed by atoms with Crippen LogP contribution in [-0.4, -0.2) is 90.8 Å². The van der Waals surface area contributed by atoms with E-state index < -0.39 is 24.3 Å². The van der Waals surface area contributed by atoms with Gasteiger partial charge in [0.1, 0.15) is 23.6 Å². The lowest BCUT2D eigenvalue weighted by Crippen LogP contribution is -2.48. The number of carboxylic acids is 1. The molecule has 1 aliphatic rings. The number of pyridine rings is 1. The van der Waals surface area contributed by atoms with E-state index in [0.717, 1.165) is 52.7 Å². The van der Waals surface area contributed by atoms with Crippen LogP contribution in [0.3, 0.4) is 0 Å². The number of aliphatic carboxylic acids is 1. The highest BCUT2D eigenvalue weighted by molar-refractivity contribution is 9.10. The zero-order valence-electron chi connectivity index (χ0n) is 34.8. The van der Waals surface area contributed by atoms with Gasteiger partial charge in [0.2, 0.25) is 11.5 Å². The molecule has 1 aliphatic heterocycles. The van der Waals surface area contributed by atoms with Gasteiger partial charge in [-0.2, -0.15) is 13.2 Å². The van der Waals surface area contributed by atoms with Crippen molar-refractivity contribution in [3.05, 3.63) is 116 Å². The molecule has 6 rings (SSSR count). The smallest absolute Gasteiger partial charge is 0.430 e. The predicted octanol–water partition coefficient (Wildman–Crippen LogP) is 6.54. The Bertz CT molecular complexity index is 2460. The number of quaternary nitrogens is 1. The Balaban J connectivity index is 0.000000985. The van der Waals surface area contributed by atoms with Crippen LogP contribution in [-0.2, 0) is 27.3 Å². The molecule has 5 aromatic rings. The highest BCUT2D eigenvalue weighted by atomic mass is 79.9. The number of aromatic hydroxyl groups is 1. The molecule has 2 heterocycles. The number of alkyl halides is 3. The molecular weight excluding hydrogens is 891 g/mol. The average Bonchev–Trinajstić information content (AvgIpc) is 3.23. The minimum absolute atomic E-state index is 0.0718. The molecular formula is C45H49BrF3N5O9. The molecule has 6 N–H and O–H groups in total. The van der Waals surface area contributed by atoms with Crippen molar-refractivity contribution < 1.29 is 56.8 Å². The van der Waals surface area contributed by atoms with Crippen molar-refractivity contribution in [1.29, 1.82) is 0 Å². The lowest BCUT2D eigenvalue weighted by atomic mass is 9.99. The average molecular weight is 941 g/mol. The van der Waals surface area contributed by atoms with Crippen molar-refractivity contribution in [3.8, 4) is 22.6 Å². The summed E-state index contributed by atoms with van der Waals surface area (Å²) in [5, 5.41) is 39.7. The van der Waals surface area contributed by atoms with E-state index in [1.165, 1.54) is 12.1 Å². The molecule has 2 amide bonds. The summed E-state index contributed by atoms with van der Waals surface area (Å²) >= 11 is 3.59. The SMILES string of the molecule is COc1cc(NC(=O)CCCc2ccc(-c3ccccc3)c(NC(=O)OC3CC[N+](C)(C)CC3)c2)c(Br)cc1CNC[C@H](O)c1ccc(O)c2[nH]c(=O)ccc12.O=C([O-])C(F)(F)F. The number of rotatable bonds is 14. The van der Waals surface area contributed by atoms with E-state index >= 15 is 0 Å². The molecule has 336 valence electrons. The first-order valence-corrected chi connectivity index (χ1v) is 20.8. The fourth-order valence-corrected chi connectivity index (χ4v) is 7.55. The van der Waals surface area contributed by atoms with Gasteiger partial charge >= 0.3 is 12.3 Å². The van der Waals surface area contributed by atoms with Crippen molar-refractivity contribution in [2.75, 3.05) is 51.5 Å². The molecule has 63 heavy (non-hydrogen) atoms. The van der Waals surface area contributed by atoms with Crippen LogP contribution < -0.4 is 31.4 Å². The molecule has 0 saturated carbocycles. The maximum absolute atomic E-state index is 13.1. The van der Waals surface area contributed by atoms with Crippen LogP contribution in [0, 0.1) is 0 Å². The Morgan fingerprint density at radius 3 is 2.33 bits per heavy atom. The van der Waals surface area contributed by atoms with Gasteiger partial charge in [-0.3, -0.25) is 14.9 Å². The second-order valence-electron chi connectivity index (χ2n) is 15.6. The van der Waals surface area contributed by atoms with E-state index in [1.54, 1.807) is 25.3 Å². The van der Waals surface area contributed by atoms with Crippen molar-refractivity contribution in [2.45, 2.75) is 57.0 Å². The lowest BCUT2D eigenvalue weighted by molar-refractivity contribution is -0.896. The molecule has 14 nitrogen and oxygen atoms in total. The van der Waals surface area contributed by atoms with Gasteiger partial charge in [0.15, 0.2) is 0 Å². The van der Waals surface area contributed by atoms with E-state index in [-0.39, 0.29) is 41.8 Å². The fourth-order valence-electron chi connectivity index (χ4n) is 7.06. The first-order chi connectivity index (χ1) is 29.8. The molecule has 1 aromatic heterocycles. The first-order valence-electron chi connectivity index (χ1n) is 20.0. The number of amides is 2. The molecule has 1 saturated heterocycles. The van der Waals surface area contributed by atoms with Crippen LogP contribution in [0.25, 0.3) is 22.0 Å². The zero-order valence-corrected chi connectivity index (χ0v) is 36.4. The van der Waals surface area contributed by atoms with Crippen LogP contribution in [0.4, 0.5) is 29.3 Å². The second-order valence-corrected chi connectivity index (χ2v) is 16.5. The molecule has 0 spiro atoms. The van der Waals surface area contributed by atoms with Crippen molar-refractivity contribution in [3.63, 3.8) is 0 Å². The van der Waals surface area contributed by atoms with Gasteiger partial charge in [-0.25, -0.2) is 4.79 Å². The Kier molecular flexibility index (Phi) is 16.3. The number of aromatic nitrogens is 1. The van der Waals surface area contributed by atoms with Gasteiger partial charge in [-0.15, -0.1) is 0 Å². The summed E-state index contributed by atoms with van der Waals surface area (Å²) < 4.78 is 44.6. The summed E-state index contributed by atoms with van der Waals surface area (Å²) in [6.07, 6.45) is -3.53. The molecule has 1 atom stereocenters. The molecule has 0 radical (unpaired) electrons. The van der Waals surface area contributed by atoms with E-state index in [4.69, 9.17) is 19.4 Å². The summed E-state index contributed by atoms with van der Waals surface area (Å²) in [6, 6.07) is 25.5. The van der Waals surface area contributed by atoms with Gasteiger partial charge < -0.3 is 49.7 Å². The summed E-state index contributed by atoms with van der Waals surface area (Å²) in [7, 11) is 5.94. The normalized spacial score (nSPS) is 14.2. The monoisotopic (exact) mass is 939 g/mol. The molecule has 18 heteroatoms. The Labute approximate surface area is 369 Å². The quantitative estimate of drug-likeness (QED) is 0.0664. The lowest BCUT2D eigenvalue weighted by Gasteiger charge is -2.36. The number of halogens is 4. The molecule has 0 bridgehead atoms. The number of H-pyrrole nitrogens is 1. The number of anilines is 2. The minimum Gasteiger partial charge on any atom is -0.542 e. The molecule has 4 aromatic carbocycles. The number of carbonyl (C=O) groups is 3. The van der Waals surface area contributed by atoms with Crippen LogP contribution in [0.2, 0.25) is 0 Å². The number of aliphatic hydroxyl groups excluding tert-OH is 1. The Morgan fingerprint density at radius 2 is 1.67 bits per heavy atom. The maximum Gasteiger partial charge on any atom is 0.430 e.